The highest BCUT2D eigenvalue weighted by atomic mass is 32.2. The van der Waals surface area contributed by atoms with Crippen molar-refractivity contribution in [2.24, 2.45) is 5.92 Å². The van der Waals surface area contributed by atoms with E-state index in [0.717, 1.165) is 11.1 Å². The van der Waals surface area contributed by atoms with Crippen LogP contribution in [0.2, 0.25) is 0 Å². The van der Waals surface area contributed by atoms with E-state index >= 15 is 0 Å². The van der Waals surface area contributed by atoms with Gasteiger partial charge in [-0.25, -0.2) is 4.98 Å². The molecule has 3 aromatic rings. The second-order valence-electron chi connectivity index (χ2n) is 8.59. The third-order valence-electron chi connectivity index (χ3n) is 5.36. The van der Waals surface area contributed by atoms with E-state index < -0.39 is 0 Å². The molecule has 8 heteroatoms. The molecule has 1 fully saturated rings. The van der Waals surface area contributed by atoms with Gasteiger partial charge in [-0.15, -0.1) is 0 Å². The monoisotopic (exact) mass is 478 g/mol. The Morgan fingerprint density at radius 3 is 2.58 bits per heavy atom. The fraction of sp³-hybridized carbons (Fsp3) is 0.280. The second-order valence-corrected chi connectivity index (χ2v) is 10.3. The third-order valence-corrected chi connectivity index (χ3v) is 6.74. The summed E-state index contributed by atoms with van der Waals surface area (Å²) in [4.78, 5) is 33.3. The number of aryl methyl sites for hydroxylation is 2. The van der Waals surface area contributed by atoms with Gasteiger partial charge in [-0.1, -0.05) is 73.7 Å². The smallest absolute Gasteiger partial charge is 0.267 e. The summed E-state index contributed by atoms with van der Waals surface area (Å²) >= 11 is 6.65. The highest BCUT2D eigenvalue weighted by Crippen LogP contribution is 2.33. The molecular formula is C25H26N4O2S2. The summed E-state index contributed by atoms with van der Waals surface area (Å²) in [7, 11) is 0. The van der Waals surface area contributed by atoms with Crippen molar-refractivity contribution >= 4 is 51.7 Å². The molecule has 170 valence electrons. The minimum Gasteiger partial charge on any atom is -0.365 e. The normalized spacial score (nSPS) is 15.3. The zero-order valence-electron chi connectivity index (χ0n) is 19.1. The molecule has 0 atom stereocenters. The Labute approximate surface area is 202 Å². The molecule has 1 saturated heterocycles. The van der Waals surface area contributed by atoms with Crippen molar-refractivity contribution in [1.82, 2.24) is 14.3 Å². The van der Waals surface area contributed by atoms with Gasteiger partial charge in [0.25, 0.3) is 11.5 Å². The molecule has 0 radical (unpaired) electrons. The summed E-state index contributed by atoms with van der Waals surface area (Å²) in [6.07, 6.45) is 3.32. The quantitative estimate of drug-likeness (QED) is 0.406. The van der Waals surface area contributed by atoms with Gasteiger partial charge in [0.05, 0.1) is 10.5 Å². The van der Waals surface area contributed by atoms with Gasteiger partial charge in [-0.2, -0.15) is 0 Å². The van der Waals surface area contributed by atoms with Crippen LogP contribution in [0.3, 0.4) is 0 Å². The van der Waals surface area contributed by atoms with Crippen LogP contribution < -0.4 is 10.9 Å². The highest BCUT2D eigenvalue weighted by Gasteiger charge is 2.33. The van der Waals surface area contributed by atoms with E-state index in [0.29, 0.717) is 39.3 Å². The molecule has 0 spiro atoms. The van der Waals surface area contributed by atoms with Crippen molar-refractivity contribution in [1.29, 1.82) is 0 Å². The maximum atomic E-state index is 13.5. The van der Waals surface area contributed by atoms with E-state index in [9.17, 15) is 9.59 Å². The molecule has 0 aliphatic carbocycles. The van der Waals surface area contributed by atoms with Crippen LogP contribution in [0.1, 0.15) is 36.1 Å². The van der Waals surface area contributed by atoms with E-state index in [1.165, 1.54) is 21.7 Å². The summed E-state index contributed by atoms with van der Waals surface area (Å²) in [6, 6.07) is 11.9. The minimum atomic E-state index is -0.232. The fourth-order valence-electron chi connectivity index (χ4n) is 3.62. The number of carbonyl (C=O) groups excluding carboxylic acids is 1. The number of nitrogens with zero attached hydrogens (tertiary/aromatic N) is 3. The fourth-order valence-corrected chi connectivity index (χ4v) is 4.88. The van der Waals surface area contributed by atoms with Crippen LogP contribution in [0.15, 0.2) is 52.3 Å². The van der Waals surface area contributed by atoms with E-state index in [4.69, 9.17) is 17.2 Å². The van der Waals surface area contributed by atoms with Gasteiger partial charge in [0.15, 0.2) is 0 Å². The number of hydrogen-bond acceptors (Lipinski definition) is 6. The molecule has 1 N–H and O–H groups in total. The Bertz CT molecular complexity index is 1330. The summed E-state index contributed by atoms with van der Waals surface area (Å²) in [5.74, 6) is 0.565. The second kappa shape index (κ2) is 9.49. The number of nitrogens with one attached hydrogen (secondary N) is 1. The number of amides is 1. The number of fused-ring (bicyclic) bond motifs is 1. The molecule has 6 nitrogen and oxygen atoms in total. The van der Waals surface area contributed by atoms with Crippen LogP contribution in [-0.4, -0.2) is 31.1 Å². The topological polar surface area (TPSA) is 66.7 Å². The Hall–Kier alpha value is -2.97. The molecule has 1 amide bonds. The number of hydrogen-bond donors (Lipinski definition) is 1. The molecular weight excluding hydrogens is 452 g/mol. The predicted octanol–water partition coefficient (Wildman–Crippen LogP) is 4.78. The third kappa shape index (κ3) is 4.86. The number of benzene rings is 1. The van der Waals surface area contributed by atoms with Crippen molar-refractivity contribution in [3.63, 3.8) is 0 Å². The Morgan fingerprint density at radius 2 is 1.88 bits per heavy atom. The van der Waals surface area contributed by atoms with Gasteiger partial charge >= 0.3 is 0 Å². The van der Waals surface area contributed by atoms with Gasteiger partial charge < -0.3 is 5.32 Å². The summed E-state index contributed by atoms with van der Waals surface area (Å²) in [5.41, 5.74) is 3.84. The maximum Gasteiger partial charge on any atom is 0.267 e. The molecule has 1 aromatic carbocycles. The van der Waals surface area contributed by atoms with Gasteiger partial charge in [-0.05, 0) is 43.0 Å². The lowest BCUT2D eigenvalue weighted by atomic mass is 10.1. The zero-order valence-corrected chi connectivity index (χ0v) is 20.7. The van der Waals surface area contributed by atoms with Crippen LogP contribution in [0, 0.1) is 19.8 Å². The van der Waals surface area contributed by atoms with E-state index in [1.54, 1.807) is 17.2 Å². The van der Waals surface area contributed by atoms with Crippen molar-refractivity contribution in [2.75, 3.05) is 11.9 Å². The highest BCUT2D eigenvalue weighted by molar-refractivity contribution is 8.26. The zero-order chi connectivity index (χ0) is 23.7. The molecule has 3 heterocycles. The molecule has 2 aromatic heterocycles. The lowest BCUT2D eigenvalue weighted by Gasteiger charge is -2.16. The van der Waals surface area contributed by atoms with Gasteiger partial charge in [-0.3, -0.25) is 18.9 Å². The van der Waals surface area contributed by atoms with Crippen molar-refractivity contribution < 1.29 is 4.79 Å². The lowest BCUT2D eigenvalue weighted by Crippen LogP contribution is -2.31. The number of rotatable bonds is 6. The van der Waals surface area contributed by atoms with Crippen LogP contribution in [-0.2, 0) is 11.3 Å². The van der Waals surface area contributed by atoms with E-state index in [-0.39, 0.29) is 17.4 Å². The van der Waals surface area contributed by atoms with Gasteiger partial charge in [0.2, 0.25) is 0 Å². The Morgan fingerprint density at radius 1 is 1.15 bits per heavy atom. The van der Waals surface area contributed by atoms with Crippen LogP contribution in [0.4, 0.5) is 5.82 Å². The number of anilines is 1. The number of aromatic nitrogens is 2. The molecule has 0 unspecified atom stereocenters. The summed E-state index contributed by atoms with van der Waals surface area (Å²) in [5, 5.41) is 3.32. The standard InChI is InChI=1S/C25H26N4O2S2/c1-15(2)14-29-24(31)20(33-25(29)32)12-19-21(26-13-18-9-7-16(3)8-10-18)27-22-17(4)6-5-11-28(22)23(19)30/h5-12,15,26H,13-14H2,1-4H3/b20-12-. The molecule has 0 bridgehead atoms. The van der Waals surface area contributed by atoms with Gasteiger partial charge in [0.1, 0.15) is 15.8 Å². The molecule has 1 aliphatic rings. The van der Waals surface area contributed by atoms with Crippen LogP contribution in [0.25, 0.3) is 11.7 Å². The number of thiocarbonyl (C=S) groups is 1. The number of thioether (sulfide) groups is 1. The van der Waals surface area contributed by atoms with Crippen LogP contribution >= 0.6 is 24.0 Å². The SMILES string of the molecule is Cc1ccc(CNc2nc3c(C)cccn3c(=O)c2/C=C2\SC(=S)N(CC(C)C)C2=O)cc1. The molecule has 1 aliphatic heterocycles. The largest absolute Gasteiger partial charge is 0.365 e. The Balaban J connectivity index is 1.78. The Kier molecular flexibility index (Phi) is 6.67. The number of pyridine rings is 1. The average Bonchev–Trinajstić information content (AvgIpc) is 3.03. The lowest BCUT2D eigenvalue weighted by molar-refractivity contribution is -0.122. The first kappa shape index (κ1) is 23.2. The van der Waals surface area contributed by atoms with E-state index in [1.807, 2.05) is 64.1 Å². The first-order valence-corrected chi connectivity index (χ1v) is 12.0. The molecule has 33 heavy (non-hydrogen) atoms. The number of carbonyl (C=O) groups is 1. The average molecular weight is 479 g/mol. The van der Waals surface area contributed by atoms with Crippen molar-refractivity contribution in [2.45, 2.75) is 34.2 Å². The first-order chi connectivity index (χ1) is 15.7. The summed E-state index contributed by atoms with van der Waals surface area (Å²) in [6.45, 7) is 9.09. The van der Waals surface area contributed by atoms with Gasteiger partial charge in [0, 0.05) is 19.3 Å². The molecule has 0 saturated carbocycles. The van der Waals surface area contributed by atoms with Crippen molar-refractivity contribution in [3.8, 4) is 0 Å². The van der Waals surface area contributed by atoms with Crippen LogP contribution in [0.5, 0.6) is 0 Å². The minimum absolute atomic E-state index is 0.170. The first-order valence-electron chi connectivity index (χ1n) is 10.8. The predicted molar refractivity (Wildman–Crippen MR) is 139 cm³/mol. The maximum absolute atomic E-state index is 13.5. The van der Waals surface area contributed by atoms with Crippen molar-refractivity contribution in [3.05, 3.63) is 80.1 Å². The molecule has 4 rings (SSSR count). The summed E-state index contributed by atoms with van der Waals surface area (Å²) < 4.78 is 2.03. The van der Waals surface area contributed by atoms with E-state index in [2.05, 4.69) is 5.32 Å².